The fourth-order valence-electron chi connectivity index (χ4n) is 3.24. The highest BCUT2D eigenvalue weighted by molar-refractivity contribution is 7.92. The van der Waals surface area contributed by atoms with Gasteiger partial charge in [0, 0.05) is 37.9 Å². The maximum absolute atomic E-state index is 13.0. The number of hydrogen-bond donors (Lipinski definition) is 2. The van der Waals surface area contributed by atoms with E-state index in [4.69, 9.17) is 9.90 Å². The van der Waals surface area contributed by atoms with Crippen molar-refractivity contribution in [3.63, 3.8) is 0 Å². The smallest absolute Gasteiger partial charge is 0.475 e. The van der Waals surface area contributed by atoms with E-state index in [0.717, 1.165) is 37.4 Å². The average Bonchev–Trinajstić information content (AvgIpc) is 2.76. The van der Waals surface area contributed by atoms with Gasteiger partial charge in [-0.15, -0.1) is 0 Å². The molecule has 36 heavy (non-hydrogen) atoms. The van der Waals surface area contributed by atoms with Crippen molar-refractivity contribution in [3.05, 3.63) is 47.5 Å². The zero-order valence-corrected chi connectivity index (χ0v) is 20.5. The minimum atomic E-state index is -5.08. The van der Waals surface area contributed by atoms with Crippen molar-refractivity contribution >= 4 is 27.4 Å². The van der Waals surface area contributed by atoms with E-state index >= 15 is 0 Å². The summed E-state index contributed by atoms with van der Waals surface area (Å²) in [5, 5.41) is 7.12. The van der Waals surface area contributed by atoms with E-state index in [2.05, 4.69) is 26.3 Å². The highest BCUT2D eigenvalue weighted by Crippen LogP contribution is 2.29. The minimum absolute atomic E-state index is 0.106. The highest BCUT2D eigenvalue weighted by atomic mass is 32.2. The molecule has 0 amide bonds. The number of benzene rings is 2. The number of alkyl halides is 5. The highest BCUT2D eigenvalue weighted by Gasteiger charge is 2.38. The molecule has 200 valence electrons. The Labute approximate surface area is 205 Å². The number of hydrogen-bond acceptors (Lipinski definition) is 6. The number of sulfonamides is 1. The van der Waals surface area contributed by atoms with Crippen LogP contribution in [0.5, 0.6) is 5.75 Å². The van der Waals surface area contributed by atoms with Crippen LogP contribution in [0.3, 0.4) is 0 Å². The van der Waals surface area contributed by atoms with E-state index in [0.29, 0.717) is 5.56 Å². The van der Waals surface area contributed by atoms with Crippen LogP contribution in [0, 0.1) is 13.8 Å². The standard InChI is InChI=1S/C20H25F2N3O3S.C2HF3O2/c1-14-4-6-16(28-20(21)22)12-18(14)23-29(26,27)17-7-5-15(2)19(13-17)25-10-8-24(3)9-11-25;3-2(4,5)1(6)7/h4-7,12-13,20,23H,8-11H2,1-3H3;(H,6,7). The van der Waals surface area contributed by atoms with Gasteiger partial charge in [-0.3, -0.25) is 4.72 Å². The number of aliphatic carboxylic acids is 1. The Morgan fingerprint density at radius 3 is 2.11 bits per heavy atom. The Hall–Kier alpha value is -3.13. The van der Waals surface area contributed by atoms with Gasteiger partial charge in [0.2, 0.25) is 0 Å². The maximum atomic E-state index is 13.0. The summed E-state index contributed by atoms with van der Waals surface area (Å²) in [6.07, 6.45) is -5.08. The SMILES string of the molecule is Cc1ccc(OC(F)F)cc1NS(=O)(=O)c1ccc(C)c(N2CCN(C)CC2)c1.O=C(O)C(F)(F)F. The molecule has 1 aliphatic rings. The predicted octanol–water partition coefficient (Wildman–Crippen LogP) is 4.09. The lowest BCUT2D eigenvalue weighted by atomic mass is 10.1. The number of carboxylic acid groups (broad SMARTS) is 1. The molecule has 0 bridgehead atoms. The minimum Gasteiger partial charge on any atom is -0.475 e. The van der Waals surface area contributed by atoms with Crippen LogP contribution in [0.2, 0.25) is 0 Å². The first-order chi connectivity index (χ1) is 16.6. The molecule has 0 atom stereocenters. The second kappa shape index (κ2) is 11.7. The van der Waals surface area contributed by atoms with Crippen molar-refractivity contribution in [3.8, 4) is 5.75 Å². The molecular weight excluding hydrogens is 513 g/mol. The molecule has 3 rings (SSSR count). The van der Waals surface area contributed by atoms with E-state index < -0.39 is 28.8 Å². The van der Waals surface area contributed by atoms with Gasteiger partial charge in [-0.25, -0.2) is 13.2 Å². The van der Waals surface area contributed by atoms with Crippen molar-refractivity contribution < 1.29 is 45.0 Å². The van der Waals surface area contributed by atoms with E-state index in [9.17, 15) is 30.4 Å². The summed E-state index contributed by atoms with van der Waals surface area (Å²) in [5.74, 6) is -2.86. The fraction of sp³-hybridized carbons (Fsp3) is 0.409. The number of aryl methyl sites for hydroxylation is 2. The largest absolute Gasteiger partial charge is 0.490 e. The molecule has 2 aromatic rings. The number of anilines is 2. The number of likely N-dealkylation sites (N-methyl/N-ethyl adjacent to an activating group) is 1. The van der Waals surface area contributed by atoms with Gasteiger partial charge < -0.3 is 19.6 Å². The molecule has 0 aliphatic carbocycles. The van der Waals surface area contributed by atoms with Gasteiger partial charge in [0.05, 0.1) is 10.6 Å². The Balaban J connectivity index is 0.000000572. The van der Waals surface area contributed by atoms with Gasteiger partial charge in [-0.2, -0.15) is 22.0 Å². The molecule has 0 aromatic heterocycles. The first-order valence-electron chi connectivity index (χ1n) is 10.5. The lowest BCUT2D eigenvalue weighted by Crippen LogP contribution is -2.44. The lowest BCUT2D eigenvalue weighted by Gasteiger charge is -2.35. The Kier molecular flexibility index (Phi) is 9.49. The second-order valence-corrected chi connectivity index (χ2v) is 9.68. The third kappa shape index (κ3) is 8.22. The van der Waals surface area contributed by atoms with Crippen LogP contribution in [-0.4, -0.2) is 70.4 Å². The summed E-state index contributed by atoms with van der Waals surface area (Å²) in [6, 6.07) is 9.15. The topological polar surface area (TPSA) is 99.2 Å². The summed E-state index contributed by atoms with van der Waals surface area (Å²) >= 11 is 0. The number of piperazine rings is 1. The monoisotopic (exact) mass is 539 g/mol. The van der Waals surface area contributed by atoms with Crippen LogP contribution >= 0.6 is 0 Å². The zero-order valence-electron chi connectivity index (χ0n) is 19.6. The van der Waals surface area contributed by atoms with Gasteiger partial charge in [-0.05, 0) is 50.2 Å². The summed E-state index contributed by atoms with van der Waals surface area (Å²) < 4.78 is 89.5. The van der Waals surface area contributed by atoms with Crippen molar-refractivity contribution in [2.24, 2.45) is 0 Å². The molecule has 8 nitrogen and oxygen atoms in total. The first-order valence-corrected chi connectivity index (χ1v) is 12.0. The molecule has 0 unspecified atom stereocenters. The summed E-state index contributed by atoms with van der Waals surface area (Å²) in [5.41, 5.74) is 2.68. The molecule has 2 N–H and O–H groups in total. The number of nitrogens with one attached hydrogen (secondary N) is 1. The number of halogens is 5. The van der Waals surface area contributed by atoms with Gasteiger partial charge in [0.15, 0.2) is 0 Å². The fourth-order valence-corrected chi connectivity index (χ4v) is 4.38. The van der Waals surface area contributed by atoms with Crippen molar-refractivity contribution in [2.45, 2.75) is 31.5 Å². The summed E-state index contributed by atoms with van der Waals surface area (Å²) in [6.45, 7) is 4.11. The predicted molar refractivity (Wildman–Crippen MR) is 123 cm³/mol. The third-order valence-electron chi connectivity index (χ3n) is 5.26. The average molecular weight is 540 g/mol. The van der Waals surface area contributed by atoms with Crippen molar-refractivity contribution in [1.82, 2.24) is 4.90 Å². The van der Waals surface area contributed by atoms with Crippen LogP contribution in [0.25, 0.3) is 0 Å². The van der Waals surface area contributed by atoms with Crippen molar-refractivity contribution in [2.75, 3.05) is 42.8 Å². The zero-order chi connectivity index (χ0) is 27.3. The van der Waals surface area contributed by atoms with Gasteiger partial charge in [-0.1, -0.05) is 12.1 Å². The van der Waals surface area contributed by atoms with Crippen LogP contribution in [-0.2, 0) is 14.8 Å². The van der Waals surface area contributed by atoms with Crippen LogP contribution in [0.4, 0.5) is 33.3 Å². The van der Waals surface area contributed by atoms with E-state index in [1.54, 1.807) is 25.1 Å². The molecule has 0 spiro atoms. The molecular formula is C22H26F5N3O5S. The first kappa shape index (κ1) is 29.1. The Morgan fingerprint density at radius 1 is 1.03 bits per heavy atom. The van der Waals surface area contributed by atoms with Crippen LogP contribution in [0.1, 0.15) is 11.1 Å². The Bertz CT molecular complexity index is 1170. The number of nitrogens with zero attached hydrogens (tertiary/aromatic N) is 2. The van der Waals surface area contributed by atoms with Crippen LogP contribution < -0.4 is 14.4 Å². The normalized spacial score (nSPS) is 14.8. The number of carboxylic acids is 1. The number of rotatable bonds is 6. The summed E-state index contributed by atoms with van der Waals surface area (Å²) in [7, 11) is -1.84. The number of ether oxygens (including phenoxy) is 1. The van der Waals surface area contributed by atoms with Gasteiger partial charge in [0.1, 0.15) is 5.75 Å². The lowest BCUT2D eigenvalue weighted by molar-refractivity contribution is -0.192. The number of carbonyl (C=O) groups is 1. The van der Waals surface area contributed by atoms with Crippen molar-refractivity contribution in [1.29, 1.82) is 0 Å². The molecule has 1 fully saturated rings. The van der Waals surface area contributed by atoms with E-state index in [-0.39, 0.29) is 16.3 Å². The molecule has 0 saturated carbocycles. The Morgan fingerprint density at radius 2 is 1.58 bits per heavy atom. The molecule has 2 aromatic carbocycles. The third-order valence-corrected chi connectivity index (χ3v) is 6.62. The maximum Gasteiger partial charge on any atom is 0.490 e. The van der Waals surface area contributed by atoms with Gasteiger partial charge in [0.25, 0.3) is 10.0 Å². The molecule has 1 heterocycles. The summed E-state index contributed by atoms with van der Waals surface area (Å²) in [4.78, 5) is 13.4. The van der Waals surface area contributed by atoms with Gasteiger partial charge >= 0.3 is 18.8 Å². The molecule has 0 radical (unpaired) electrons. The van der Waals surface area contributed by atoms with Crippen LogP contribution in [0.15, 0.2) is 41.3 Å². The second-order valence-electron chi connectivity index (χ2n) is 8.00. The molecule has 14 heteroatoms. The molecule has 1 aliphatic heterocycles. The molecule has 1 saturated heterocycles. The quantitative estimate of drug-likeness (QED) is 0.534. The van der Waals surface area contributed by atoms with E-state index in [1.807, 2.05) is 6.92 Å². The van der Waals surface area contributed by atoms with E-state index in [1.165, 1.54) is 18.2 Å².